The normalized spacial score (nSPS) is 16.3. The van der Waals surface area contributed by atoms with Gasteiger partial charge < -0.3 is 20.7 Å². The van der Waals surface area contributed by atoms with Crippen molar-refractivity contribution in [2.24, 2.45) is 0 Å². The molecule has 2 heterocycles. The molecule has 3 amide bonds. The van der Waals surface area contributed by atoms with E-state index in [4.69, 9.17) is 4.74 Å². The molecule has 2 aromatic carbocycles. The predicted octanol–water partition coefficient (Wildman–Crippen LogP) is 3.22. The van der Waals surface area contributed by atoms with Gasteiger partial charge in [-0.2, -0.15) is 0 Å². The van der Waals surface area contributed by atoms with Crippen molar-refractivity contribution in [3.8, 4) is 5.75 Å². The average molecular weight is 351 g/mol. The van der Waals surface area contributed by atoms with Crippen LogP contribution in [-0.4, -0.2) is 17.5 Å². The van der Waals surface area contributed by atoms with Crippen molar-refractivity contribution in [2.75, 3.05) is 10.6 Å². The third-order valence-electron chi connectivity index (χ3n) is 4.57. The number of fused-ring (bicyclic) bond motifs is 2. The molecule has 0 bridgehead atoms. The number of urea groups is 1. The molecule has 6 heteroatoms. The minimum absolute atomic E-state index is 0.0228. The van der Waals surface area contributed by atoms with Crippen LogP contribution in [-0.2, 0) is 24.2 Å². The molecule has 0 radical (unpaired) electrons. The number of carbonyl (C=O) groups is 2. The standard InChI is InChI=1S/C20H21N3O3/c1-20(2)10-14-7-12(3-6-17(14)26-20)11-21-19(25)22-15-4-5-16-13(8-15)9-18(24)23-16/h3-8H,9-11H2,1-2H3,(H,23,24)(H2,21,22,25). The van der Waals surface area contributed by atoms with Gasteiger partial charge in [0.25, 0.3) is 0 Å². The molecule has 26 heavy (non-hydrogen) atoms. The Balaban J connectivity index is 1.35. The Kier molecular flexibility index (Phi) is 3.83. The zero-order chi connectivity index (χ0) is 18.3. The van der Waals surface area contributed by atoms with Crippen LogP contribution in [0, 0.1) is 0 Å². The van der Waals surface area contributed by atoms with Crippen molar-refractivity contribution >= 4 is 23.3 Å². The van der Waals surface area contributed by atoms with Crippen LogP contribution in [0.3, 0.4) is 0 Å². The SMILES string of the molecule is CC1(C)Cc2cc(CNC(=O)Nc3ccc4c(c3)CC(=O)N4)ccc2O1. The topological polar surface area (TPSA) is 79.5 Å². The highest BCUT2D eigenvalue weighted by Gasteiger charge is 2.29. The summed E-state index contributed by atoms with van der Waals surface area (Å²) in [6.45, 7) is 4.57. The summed E-state index contributed by atoms with van der Waals surface area (Å²) in [4.78, 5) is 23.6. The highest BCUT2D eigenvalue weighted by Crippen LogP contribution is 2.35. The third kappa shape index (κ3) is 3.35. The first-order valence-electron chi connectivity index (χ1n) is 8.66. The molecule has 0 atom stereocenters. The van der Waals surface area contributed by atoms with Crippen molar-refractivity contribution in [1.29, 1.82) is 0 Å². The van der Waals surface area contributed by atoms with Gasteiger partial charge in [0.05, 0.1) is 6.42 Å². The molecule has 4 rings (SSSR count). The molecule has 0 fully saturated rings. The second-order valence-corrected chi connectivity index (χ2v) is 7.39. The molecule has 0 aromatic heterocycles. The van der Waals surface area contributed by atoms with Crippen molar-refractivity contribution in [2.45, 2.75) is 38.8 Å². The van der Waals surface area contributed by atoms with Gasteiger partial charge in [-0.15, -0.1) is 0 Å². The Bertz CT molecular complexity index is 905. The maximum absolute atomic E-state index is 12.2. The van der Waals surface area contributed by atoms with E-state index < -0.39 is 0 Å². The third-order valence-corrected chi connectivity index (χ3v) is 4.57. The van der Waals surface area contributed by atoms with Gasteiger partial charge >= 0.3 is 6.03 Å². The first-order chi connectivity index (χ1) is 12.4. The molecule has 0 saturated carbocycles. The van der Waals surface area contributed by atoms with E-state index in [9.17, 15) is 9.59 Å². The molecule has 0 aliphatic carbocycles. The monoisotopic (exact) mass is 351 g/mol. The molecule has 2 aliphatic rings. The van der Waals surface area contributed by atoms with E-state index in [1.165, 1.54) is 5.56 Å². The number of hydrogen-bond acceptors (Lipinski definition) is 3. The lowest BCUT2D eigenvalue weighted by Crippen LogP contribution is -2.28. The van der Waals surface area contributed by atoms with Crippen molar-refractivity contribution < 1.29 is 14.3 Å². The molecule has 0 saturated heterocycles. The maximum atomic E-state index is 12.2. The zero-order valence-electron chi connectivity index (χ0n) is 14.8. The van der Waals surface area contributed by atoms with Crippen molar-refractivity contribution in [1.82, 2.24) is 5.32 Å². The van der Waals surface area contributed by atoms with Crippen LogP contribution in [0.1, 0.15) is 30.5 Å². The Morgan fingerprint density at radius 1 is 1.19 bits per heavy atom. The zero-order valence-corrected chi connectivity index (χ0v) is 14.8. The summed E-state index contributed by atoms with van der Waals surface area (Å²) < 4.78 is 5.87. The number of carbonyl (C=O) groups excluding carboxylic acids is 2. The fraction of sp³-hybridized carbons (Fsp3) is 0.300. The number of rotatable bonds is 3. The van der Waals surface area contributed by atoms with Gasteiger partial charge in [-0.3, -0.25) is 4.79 Å². The van der Waals surface area contributed by atoms with Crippen LogP contribution in [0.15, 0.2) is 36.4 Å². The number of nitrogens with one attached hydrogen (secondary N) is 3. The first kappa shape index (κ1) is 16.4. The molecule has 2 aliphatic heterocycles. The summed E-state index contributed by atoms with van der Waals surface area (Å²) in [5.41, 5.74) is 4.41. The number of hydrogen-bond donors (Lipinski definition) is 3. The van der Waals surface area contributed by atoms with E-state index in [0.717, 1.165) is 29.0 Å². The second-order valence-electron chi connectivity index (χ2n) is 7.39. The van der Waals surface area contributed by atoms with Crippen molar-refractivity contribution in [3.05, 3.63) is 53.1 Å². The molecule has 6 nitrogen and oxygen atoms in total. The van der Waals surface area contributed by atoms with Gasteiger partial charge in [-0.05, 0) is 54.8 Å². The quantitative estimate of drug-likeness (QED) is 0.794. The maximum Gasteiger partial charge on any atom is 0.319 e. The minimum atomic E-state index is -0.278. The number of amides is 3. The lowest BCUT2D eigenvalue weighted by atomic mass is 10.0. The lowest BCUT2D eigenvalue weighted by Gasteiger charge is -2.16. The molecule has 0 unspecified atom stereocenters. The Hall–Kier alpha value is -3.02. The van der Waals surface area contributed by atoms with Crippen molar-refractivity contribution in [3.63, 3.8) is 0 Å². The van der Waals surface area contributed by atoms with E-state index in [-0.39, 0.29) is 17.5 Å². The summed E-state index contributed by atoms with van der Waals surface area (Å²) in [7, 11) is 0. The van der Waals surface area contributed by atoms with Gasteiger partial charge in [0.1, 0.15) is 11.4 Å². The summed E-state index contributed by atoms with van der Waals surface area (Å²) in [5, 5.41) is 8.44. The Morgan fingerprint density at radius 2 is 2.04 bits per heavy atom. The molecule has 2 aromatic rings. The van der Waals surface area contributed by atoms with Gasteiger partial charge in [0.2, 0.25) is 5.91 Å². The fourth-order valence-corrected chi connectivity index (χ4v) is 3.44. The number of benzene rings is 2. The highest BCUT2D eigenvalue weighted by molar-refractivity contribution is 6.00. The van der Waals surface area contributed by atoms with E-state index in [0.29, 0.717) is 18.7 Å². The molecular weight excluding hydrogens is 330 g/mol. The summed E-state index contributed by atoms with van der Waals surface area (Å²) in [6.07, 6.45) is 1.21. The molecular formula is C20H21N3O3. The van der Waals surface area contributed by atoms with Crippen LogP contribution in [0.25, 0.3) is 0 Å². The lowest BCUT2D eigenvalue weighted by molar-refractivity contribution is -0.115. The summed E-state index contributed by atoms with van der Waals surface area (Å²) in [5.74, 6) is 0.898. The Labute approximate surface area is 151 Å². The highest BCUT2D eigenvalue weighted by atomic mass is 16.5. The van der Waals surface area contributed by atoms with Crippen LogP contribution < -0.4 is 20.7 Å². The molecule has 134 valence electrons. The van der Waals surface area contributed by atoms with Crippen LogP contribution in [0.5, 0.6) is 5.75 Å². The summed E-state index contributed by atoms with van der Waals surface area (Å²) in [6, 6.07) is 11.1. The van der Waals surface area contributed by atoms with Gasteiger partial charge in [-0.25, -0.2) is 4.79 Å². The van der Waals surface area contributed by atoms with E-state index in [1.54, 1.807) is 12.1 Å². The van der Waals surface area contributed by atoms with Crippen LogP contribution >= 0.6 is 0 Å². The molecule has 0 spiro atoms. The van der Waals surface area contributed by atoms with E-state index >= 15 is 0 Å². The smallest absolute Gasteiger partial charge is 0.319 e. The summed E-state index contributed by atoms with van der Waals surface area (Å²) >= 11 is 0. The van der Waals surface area contributed by atoms with Gasteiger partial charge in [0, 0.05) is 24.3 Å². The fourth-order valence-electron chi connectivity index (χ4n) is 3.44. The van der Waals surface area contributed by atoms with E-state index in [2.05, 4.69) is 35.9 Å². The van der Waals surface area contributed by atoms with Crippen LogP contribution in [0.4, 0.5) is 16.2 Å². The second kappa shape index (κ2) is 6.05. The average Bonchev–Trinajstić information content (AvgIpc) is 3.08. The first-order valence-corrected chi connectivity index (χ1v) is 8.66. The Morgan fingerprint density at radius 3 is 2.88 bits per heavy atom. The van der Waals surface area contributed by atoms with Gasteiger partial charge in [0.15, 0.2) is 0 Å². The minimum Gasteiger partial charge on any atom is -0.487 e. The number of ether oxygens (including phenoxy) is 1. The number of anilines is 2. The predicted molar refractivity (Wildman–Crippen MR) is 99.5 cm³/mol. The van der Waals surface area contributed by atoms with E-state index in [1.807, 2.05) is 18.2 Å². The largest absolute Gasteiger partial charge is 0.487 e. The van der Waals surface area contributed by atoms with Crippen LogP contribution in [0.2, 0.25) is 0 Å². The molecule has 3 N–H and O–H groups in total. The van der Waals surface area contributed by atoms with Gasteiger partial charge in [-0.1, -0.05) is 12.1 Å².